The lowest BCUT2D eigenvalue weighted by Gasteiger charge is -2.31. The van der Waals surface area contributed by atoms with Gasteiger partial charge in [-0.15, -0.1) is 0 Å². The van der Waals surface area contributed by atoms with Crippen molar-refractivity contribution in [3.05, 3.63) is 83.9 Å². The number of nitrogens with two attached hydrogens (primary N) is 1. The van der Waals surface area contributed by atoms with Crippen LogP contribution >= 0.6 is 0 Å². The molecule has 0 spiro atoms. The Kier molecular flexibility index (Phi) is 6.15. The third-order valence-corrected chi connectivity index (χ3v) is 6.12. The number of carbonyl (C=O) groups is 2. The summed E-state index contributed by atoms with van der Waals surface area (Å²) in [6.07, 6.45) is 1.42. The van der Waals surface area contributed by atoms with E-state index in [2.05, 4.69) is 20.9 Å². The van der Waals surface area contributed by atoms with Crippen LogP contribution in [-0.2, 0) is 11.3 Å². The molecule has 0 aliphatic carbocycles. The predicted molar refractivity (Wildman–Crippen MR) is 132 cm³/mol. The molecule has 9 nitrogen and oxygen atoms in total. The maximum atomic E-state index is 13.7. The van der Waals surface area contributed by atoms with Crippen LogP contribution in [0.5, 0.6) is 0 Å². The second kappa shape index (κ2) is 9.55. The lowest BCUT2D eigenvalue weighted by atomic mass is 10.1. The fraction of sp³-hybridized carbons (Fsp3) is 0.231. The molecule has 3 heterocycles. The highest BCUT2D eigenvalue weighted by molar-refractivity contribution is 5.99. The number of anilines is 1. The van der Waals surface area contributed by atoms with Crippen molar-refractivity contribution >= 4 is 23.1 Å². The van der Waals surface area contributed by atoms with Crippen molar-refractivity contribution in [3.63, 3.8) is 0 Å². The van der Waals surface area contributed by atoms with Crippen molar-refractivity contribution in [1.29, 1.82) is 0 Å². The Labute approximate surface area is 202 Å². The first-order valence-corrected chi connectivity index (χ1v) is 11.4. The van der Waals surface area contributed by atoms with Crippen LogP contribution in [-0.4, -0.2) is 64.4 Å². The minimum atomic E-state index is -0.698. The van der Waals surface area contributed by atoms with Gasteiger partial charge in [0.15, 0.2) is 11.3 Å². The number of hydrogen-bond acceptors (Lipinski definition) is 6. The molecule has 2 aromatic heterocycles. The SMILES string of the molecule is CN(Cc1ccccc1N1CCOCC1)C(=O)c1cc(-c2ccccc2)nc2c(C(N)=O)ncn12. The molecule has 1 fully saturated rings. The average Bonchev–Trinajstić information content (AvgIpc) is 3.33. The monoisotopic (exact) mass is 470 g/mol. The van der Waals surface area contributed by atoms with E-state index in [1.54, 1.807) is 18.0 Å². The number of nitrogens with zero attached hydrogens (tertiary/aromatic N) is 5. The number of fused-ring (bicyclic) bond motifs is 1. The van der Waals surface area contributed by atoms with E-state index in [0.29, 0.717) is 31.1 Å². The Balaban J connectivity index is 1.52. The second-order valence-corrected chi connectivity index (χ2v) is 8.43. The molecule has 35 heavy (non-hydrogen) atoms. The Hall–Kier alpha value is -4.24. The van der Waals surface area contributed by atoms with Crippen LogP contribution < -0.4 is 10.6 Å². The summed E-state index contributed by atoms with van der Waals surface area (Å²) in [6, 6.07) is 19.3. The molecule has 178 valence electrons. The smallest absolute Gasteiger partial charge is 0.271 e. The number of primary amides is 1. The lowest BCUT2D eigenvalue weighted by molar-refractivity contribution is 0.0777. The van der Waals surface area contributed by atoms with Gasteiger partial charge in [0.25, 0.3) is 11.8 Å². The third-order valence-electron chi connectivity index (χ3n) is 6.12. The highest BCUT2D eigenvalue weighted by Crippen LogP contribution is 2.25. The van der Waals surface area contributed by atoms with Crippen LogP contribution in [0.1, 0.15) is 26.5 Å². The lowest BCUT2D eigenvalue weighted by Crippen LogP contribution is -2.37. The number of aromatic nitrogens is 3. The molecule has 0 radical (unpaired) electrons. The summed E-state index contributed by atoms with van der Waals surface area (Å²) in [4.78, 5) is 38.3. The number of morpholine rings is 1. The quantitative estimate of drug-likeness (QED) is 0.464. The fourth-order valence-electron chi connectivity index (χ4n) is 4.35. The molecule has 2 N–H and O–H groups in total. The minimum Gasteiger partial charge on any atom is -0.378 e. The zero-order valence-corrected chi connectivity index (χ0v) is 19.4. The van der Waals surface area contributed by atoms with Crippen LogP contribution in [0.3, 0.4) is 0 Å². The first kappa shape index (κ1) is 22.5. The van der Waals surface area contributed by atoms with E-state index in [0.717, 1.165) is 29.9 Å². The summed E-state index contributed by atoms with van der Waals surface area (Å²) < 4.78 is 7.02. The van der Waals surface area contributed by atoms with E-state index in [9.17, 15) is 9.59 Å². The molecule has 5 rings (SSSR count). The van der Waals surface area contributed by atoms with E-state index in [-0.39, 0.29) is 17.2 Å². The van der Waals surface area contributed by atoms with Crippen LogP contribution in [0.25, 0.3) is 16.9 Å². The number of benzene rings is 2. The third kappa shape index (κ3) is 4.45. The molecule has 0 saturated carbocycles. The van der Waals surface area contributed by atoms with Crippen molar-refractivity contribution in [3.8, 4) is 11.3 Å². The fourth-order valence-corrected chi connectivity index (χ4v) is 4.35. The van der Waals surface area contributed by atoms with Gasteiger partial charge in [0.05, 0.1) is 18.9 Å². The molecule has 2 amide bonds. The summed E-state index contributed by atoms with van der Waals surface area (Å²) in [5.41, 5.74) is 9.67. The molecule has 0 atom stereocenters. The number of rotatable bonds is 6. The van der Waals surface area contributed by atoms with Gasteiger partial charge in [-0.1, -0.05) is 48.5 Å². The van der Waals surface area contributed by atoms with Crippen LogP contribution in [0, 0.1) is 0 Å². The Morgan fingerprint density at radius 1 is 1.06 bits per heavy atom. The summed E-state index contributed by atoms with van der Waals surface area (Å²) >= 11 is 0. The molecule has 4 aromatic rings. The second-order valence-electron chi connectivity index (χ2n) is 8.43. The molecule has 1 aliphatic rings. The Morgan fingerprint density at radius 2 is 1.77 bits per heavy atom. The highest BCUT2D eigenvalue weighted by Gasteiger charge is 2.23. The zero-order chi connectivity index (χ0) is 24.4. The maximum Gasteiger partial charge on any atom is 0.271 e. The van der Waals surface area contributed by atoms with Crippen LogP contribution in [0.15, 0.2) is 67.0 Å². The maximum absolute atomic E-state index is 13.7. The summed E-state index contributed by atoms with van der Waals surface area (Å²) in [5, 5.41) is 0. The molecule has 9 heteroatoms. The molecule has 0 unspecified atom stereocenters. The first-order valence-electron chi connectivity index (χ1n) is 11.4. The normalized spacial score (nSPS) is 13.7. The van der Waals surface area contributed by atoms with Gasteiger partial charge in [-0.05, 0) is 17.7 Å². The molecule has 1 saturated heterocycles. The van der Waals surface area contributed by atoms with Crippen molar-refractivity contribution in [2.24, 2.45) is 5.73 Å². The van der Waals surface area contributed by atoms with Crippen LogP contribution in [0.2, 0.25) is 0 Å². The predicted octanol–water partition coefficient (Wildman–Crippen LogP) is 2.60. The van der Waals surface area contributed by atoms with Crippen molar-refractivity contribution in [2.45, 2.75) is 6.54 Å². The van der Waals surface area contributed by atoms with Gasteiger partial charge < -0.3 is 20.3 Å². The van der Waals surface area contributed by atoms with E-state index in [1.165, 1.54) is 10.7 Å². The standard InChI is InChI=1S/C26H26N6O3/c1-30(16-19-9-5-6-10-21(19)31-11-13-35-14-12-31)26(34)22-15-20(18-7-3-2-4-8-18)29-25-23(24(27)33)28-17-32(22)25/h2-10,15,17H,11-14,16H2,1H3,(H2,27,33). The first-order chi connectivity index (χ1) is 17.0. The Morgan fingerprint density at radius 3 is 2.51 bits per heavy atom. The molecular weight excluding hydrogens is 444 g/mol. The number of ether oxygens (including phenoxy) is 1. The van der Waals surface area contributed by atoms with Gasteiger partial charge in [-0.3, -0.25) is 14.0 Å². The van der Waals surface area contributed by atoms with Gasteiger partial charge in [0, 0.05) is 37.9 Å². The number of amides is 2. The van der Waals surface area contributed by atoms with Crippen molar-refractivity contribution in [2.75, 3.05) is 38.3 Å². The van der Waals surface area contributed by atoms with Gasteiger partial charge in [0.2, 0.25) is 0 Å². The number of carbonyl (C=O) groups excluding carboxylic acids is 2. The summed E-state index contributed by atoms with van der Waals surface area (Å²) in [5.74, 6) is -0.920. The minimum absolute atomic E-state index is 0.0251. The van der Waals surface area contributed by atoms with Crippen molar-refractivity contribution in [1.82, 2.24) is 19.3 Å². The molecule has 2 aromatic carbocycles. The summed E-state index contributed by atoms with van der Waals surface area (Å²) in [7, 11) is 1.76. The summed E-state index contributed by atoms with van der Waals surface area (Å²) in [6.45, 7) is 3.40. The molecule has 1 aliphatic heterocycles. The average molecular weight is 471 g/mol. The van der Waals surface area contributed by atoms with E-state index in [4.69, 9.17) is 10.5 Å². The molecular formula is C26H26N6O3. The number of hydrogen-bond donors (Lipinski definition) is 1. The van der Waals surface area contributed by atoms with E-state index < -0.39 is 5.91 Å². The highest BCUT2D eigenvalue weighted by atomic mass is 16.5. The van der Waals surface area contributed by atoms with Crippen LogP contribution in [0.4, 0.5) is 5.69 Å². The van der Waals surface area contributed by atoms with E-state index in [1.807, 2.05) is 48.5 Å². The molecule has 0 bridgehead atoms. The Bertz CT molecular complexity index is 1380. The zero-order valence-electron chi connectivity index (χ0n) is 19.4. The van der Waals surface area contributed by atoms with Crippen molar-refractivity contribution < 1.29 is 14.3 Å². The number of imidazole rings is 1. The topological polar surface area (TPSA) is 106 Å². The van der Waals surface area contributed by atoms with E-state index >= 15 is 0 Å². The number of para-hydroxylation sites is 1. The largest absolute Gasteiger partial charge is 0.378 e. The van der Waals surface area contributed by atoms with Gasteiger partial charge in [-0.2, -0.15) is 0 Å². The van der Waals surface area contributed by atoms with Gasteiger partial charge >= 0.3 is 0 Å². The van der Waals surface area contributed by atoms with Gasteiger partial charge in [0.1, 0.15) is 12.0 Å². The van der Waals surface area contributed by atoms with Gasteiger partial charge in [-0.25, -0.2) is 9.97 Å².